The van der Waals surface area contributed by atoms with Gasteiger partial charge in [0.1, 0.15) is 5.52 Å². The third-order valence-corrected chi connectivity index (χ3v) is 6.25. The Morgan fingerprint density at radius 3 is 2.59 bits per heavy atom. The van der Waals surface area contributed by atoms with Crippen LogP contribution in [0.3, 0.4) is 0 Å². The van der Waals surface area contributed by atoms with Gasteiger partial charge in [0.05, 0.1) is 22.5 Å². The van der Waals surface area contributed by atoms with Gasteiger partial charge in [-0.15, -0.1) is 11.3 Å². The Balaban J connectivity index is 1.74. The van der Waals surface area contributed by atoms with Gasteiger partial charge in [0.2, 0.25) is 5.28 Å². The average molecular weight is 502 g/mol. The third kappa shape index (κ3) is 3.88. The number of nitrogens with zero attached hydrogens (tertiary/aromatic N) is 4. The molecule has 0 amide bonds. The van der Waals surface area contributed by atoms with Crippen molar-refractivity contribution in [2.24, 2.45) is 0 Å². The van der Waals surface area contributed by atoms with E-state index in [1.165, 1.54) is 28.0 Å². The van der Waals surface area contributed by atoms with Gasteiger partial charge in [-0.05, 0) is 48.2 Å². The van der Waals surface area contributed by atoms with E-state index in [2.05, 4.69) is 20.3 Å². The lowest BCUT2D eigenvalue weighted by molar-refractivity contribution is -0.136. The fourth-order valence-electron chi connectivity index (χ4n) is 3.90. The number of para-hydroxylation sites is 1. The first-order valence-corrected chi connectivity index (χ1v) is 11.3. The molecule has 5 aromatic rings. The normalized spacial score (nSPS) is 12.9. The van der Waals surface area contributed by atoms with Crippen LogP contribution < -0.4 is 10.9 Å². The Hall–Kier alpha value is -3.50. The van der Waals surface area contributed by atoms with Crippen molar-refractivity contribution in [2.45, 2.75) is 19.1 Å². The Morgan fingerprint density at radius 2 is 1.85 bits per heavy atom. The number of aromatic nitrogens is 4. The fraction of sp³-hybridized carbons (Fsp3) is 0.130. The third-order valence-electron chi connectivity index (χ3n) is 5.36. The molecule has 3 heterocycles. The SMILES string of the molecule is CC(Nc1nc(Cl)nc2scnc12)c1cc2cccc(C(F)(F)F)c2c(=O)n1-c1ccccc1. The Labute approximate surface area is 199 Å². The van der Waals surface area contributed by atoms with E-state index in [0.29, 0.717) is 27.5 Å². The molecule has 172 valence electrons. The summed E-state index contributed by atoms with van der Waals surface area (Å²) in [6.45, 7) is 1.78. The summed E-state index contributed by atoms with van der Waals surface area (Å²) in [6, 6.07) is 13.3. The summed E-state index contributed by atoms with van der Waals surface area (Å²) in [5, 5.41) is 3.03. The van der Waals surface area contributed by atoms with Crippen LogP contribution in [-0.4, -0.2) is 19.5 Å². The molecule has 0 aliphatic heterocycles. The first-order chi connectivity index (χ1) is 16.2. The van der Waals surface area contributed by atoms with E-state index in [4.69, 9.17) is 11.6 Å². The van der Waals surface area contributed by atoms with Crippen molar-refractivity contribution in [1.82, 2.24) is 19.5 Å². The molecule has 11 heteroatoms. The number of fused-ring (bicyclic) bond motifs is 2. The van der Waals surface area contributed by atoms with Crippen molar-refractivity contribution < 1.29 is 13.2 Å². The lowest BCUT2D eigenvalue weighted by atomic mass is 10.0. The predicted molar refractivity (Wildman–Crippen MR) is 127 cm³/mol. The highest BCUT2D eigenvalue weighted by atomic mass is 35.5. The minimum atomic E-state index is -4.67. The van der Waals surface area contributed by atoms with Crippen LogP contribution in [0.25, 0.3) is 26.8 Å². The van der Waals surface area contributed by atoms with Crippen LogP contribution in [0.2, 0.25) is 5.28 Å². The second-order valence-electron chi connectivity index (χ2n) is 7.53. The van der Waals surface area contributed by atoms with Crippen LogP contribution >= 0.6 is 22.9 Å². The smallest absolute Gasteiger partial charge is 0.360 e. The van der Waals surface area contributed by atoms with Crippen LogP contribution in [0, 0.1) is 0 Å². The molecule has 0 aliphatic carbocycles. The average Bonchev–Trinajstić information content (AvgIpc) is 3.27. The van der Waals surface area contributed by atoms with Gasteiger partial charge in [0, 0.05) is 11.4 Å². The van der Waals surface area contributed by atoms with Crippen LogP contribution in [-0.2, 0) is 6.18 Å². The Kier molecular flexibility index (Phi) is 5.49. The molecule has 0 saturated carbocycles. The molecule has 0 spiro atoms. The maximum absolute atomic E-state index is 13.7. The molecule has 0 saturated heterocycles. The largest absolute Gasteiger partial charge is 0.417 e. The zero-order chi connectivity index (χ0) is 24.0. The van der Waals surface area contributed by atoms with Gasteiger partial charge >= 0.3 is 6.18 Å². The first kappa shape index (κ1) is 22.3. The number of halogens is 4. The summed E-state index contributed by atoms with van der Waals surface area (Å²) in [5.41, 5.74) is 1.27. The van der Waals surface area contributed by atoms with E-state index >= 15 is 0 Å². The van der Waals surface area contributed by atoms with Crippen molar-refractivity contribution in [3.63, 3.8) is 0 Å². The van der Waals surface area contributed by atoms with Crippen LogP contribution in [0.1, 0.15) is 24.2 Å². The fourth-order valence-corrected chi connectivity index (χ4v) is 4.77. The van der Waals surface area contributed by atoms with Crippen molar-refractivity contribution >= 4 is 49.9 Å². The maximum atomic E-state index is 13.7. The molecule has 0 bridgehead atoms. The number of pyridine rings is 1. The molecule has 5 rings (SSSR count). The molecule has 0 radical (unpaired) electrons. The van der Waals surface area contributed by atoms with E-state index in [1.807, 2.05) is 0 Å². The Morgan fingerprint density at radius 1 is 1.09 bits per heavy atom. The number of nitrogens with one attached hydrogen (secondary N) is 1. The van der Waals surface area contributed by atoms with Crippen LogP contribution in [0.15, 0.2) is 64.9 Å². The van der Waals surface area contributed by atoms with E-state index in [9.17, 15) is 18.0 Å². The van der Waals surface area contributed by atoms with Gasteiger partial charge < -0.3 is 5.32 Å². The number of rotatable bonds is 4. The van der Waals surface area contributed by atoms with Gasteiger partial charge in [-0.25, -0.2) is 9.97 Å². The molecule has 6 nitrogen and oxygen atoms in total. The topological polar surface area (TPSA) is 72.7 Å². The molecule has 0 aliphatic rings. The summed E-state index contributed by atoms with van der Waals surface area (Å²) < 4.78 is 42.5. The number of anilines is 1. The zero-order valence-electron chi connectivity index (χ0n) is 17.5. The Bertz CT molecular complexity index is 1580. The van der Waals surface area contributed by atoms with Crippen LogP contribution in [0.4, 0.5) is 19.0 Å². The zero-order valence-corrected chi connectivity index (χ0v) is 19.0. The summed E-state index contributed by atoms with van der Waals surface area (Å²) in [4.78, 5) is 26.8. The van der Waals surface area contributed by atoms with Gasteiger partial charge in [-0.1, -0.05) is 30.3 Å². The monoisotopic (exact) mass is 501 g/mol. The molecule has 2 aromatic carbocycles. The standard InChI is InChI=1S/C23H15ClF3N5OS/c1-12(29-19-18-20(34-11-28-18)31-22(24)30-19)16-10-13-6-5-9-15(23(25,26)27)17(13)21(33)32(16)14-7-3-2-4-8-14/h2-12H,1H3,(H,29,30,31). The summed E-state index contributed by atoms with van der Waals surface area (Å²) in [6.07, 6.45) is -4.67. The molecule has 1 N–H and O–H groups in total. The summed E-state index contributed by atoms with van der Waals surface area (Å²) in [5.74, 6) is 0.361. The molecule has 0 fully saturated rings. The molecular weight excluding hydrogens is 487 g/mol. The molecule has 1 atom stereocenters. The second-order valence-corrected chi connectivity index (χ2v) is 8.70. The summed E-state index contributed by atoms with van der Waals surface area (Å²) in [7, 11) is 0. The molecular formula is C23H15ClF3N5OS. The van der Waals surface area contributed by atoms with Crippen molar-refractivity contribution in [2.75, 3.05) is 5.32 Å². The second kappa shape index (κ2) is 8.37. The number of thiazole rings is 1. The van der Waals surface area contributed by atoms with Crippen molar-refractivity contribution in [3.8, 4) is 5.69 Å². The highest BCUT2D eigenvalue weighted by molar-refractivity contribution is 7.16. The van der Waals surface area contributed by atoms with Gasteiger partial charge in [0.25, 0.3) is 5.56 Å². The number of hydrogen-bond donors (Lipinski definition) is 1. The van der Waals surface area contributed by atoms with Crippen molar-refractivity contribution in [3.05, 3.63) is 87.0 Å². The lowest BCUT2D eigenvalue weighted by Gasteiger charge is -2.22. The van der Waals surface area contributed by atoms with E-state index in [1.54, 1.807) is 48.8 Å². The first-order valence-electron chi connectivity index (χ1n) is 10.1. The maximum Gasteiger partial charge on any atom is 0.417 e. The number of benzene rings is 2. The molecule has 34 heavy (non-hydrogen) atoms. The predicted octanol–water partition coefficient (Wildman–Crippen LogP) is 6.24. The van der Waals surface area contributed by atoms with Gasteiger partial charge in [-0.3, -0.25) is 9.36 Å². The van der Waals surface area contributed by atoms with Crippen LogP contribution in [0.5, 0.6) is 0 Å². The van der Waals surface area contributed by atoms with Crippen molar-refractivity contribution in [1.29, 1.82) is 0 Å². The van der Waals surface area contributed by atoms with E-state index < -0.39 is 23.3 Å². The van der Waals surface area contributed by atoms with E-state index in [0.717, 1.165) is 6.07 Å². The van der Waals surface area contributed by atoms with E-state index in [-0.39, 0.29) is 16.1 Å². The summed E-state index contributed by atoms with van der Waals surface area (Å²) >= 11 is 7.35. The number of alkyl halides is 3. The highest BCUT2D eigenvalue weighted by Gasteiger charge is 2.34. The quantitative estimate of drug-likeness (QED) is 0.295. The minimum Gasteiger partial charge on any atom is -0.360 e. The minimum absolute atomic E-state index is 0.0280. The molecule has 3 aromatic heterocycles. The number of hydrogen-bond acceptors (Lipinski definition) is 6. The molecule has 1 unspecified atom stereocenters. The highest BCUT2D eigenvalue weighted by Crippen LogP contribution is 2.35. The van der Waals surface area contributed by atoms with Gasteiger partial charge in [-0.2, -0.15) is 18.2 Å². The lowest BCUT2D eigenvalue weighted by Crippen LogP contribution is -2.27. The van der Waals surface area contributed by atoms with Gasteiger partial charge in [0.15, 0.2) is 10.6 Å².